The number of carbonyl (C=O) groups is 1. The molecule has 2 aromatic heterocycles. The lowest BCUT2D eigenvalue weighted by atomic mass is 10.2. The van der Waals surface area contributed by atoms with Crippen LogP contribution in [0.3, 0.4) is 0 Å². The standard InChI is InChI=1S/C19H21ClN4O/c1-4-5-10-21-19(25)15-11-22-18-16(17(15)20)13(3)23-24(18)14-8-6-12(2)7-9-14/h6-9,11H,4-5,10H2,1-3H3,(H,21,25). The van der Waals surface area contributed by atoms with Crippen LogP contribution in [-0.4, -0.2) is 27.2 Å². The van der Waals surface area contributed by atoms with Gasteiger partial charge in [0, 0.05) is 12.7 Å². The van der Waals surface area contributed by atoms with Gasteiger partial charge in [0.25, 0.3) is 5.91 Å². The molecule has 0 fully saturated rings. The number of halogens is 1. The van der Waals surface area contributed by atoms with Crippen LogP contribution in [0.15, 0.2) is 30.5 Å². The Balaban J connectivity index is 2.04. The monoisotopic (exact) mass is 356 g/mol. The van der Waals surface area contributed by atoms with Gasteiger partial charge in [-0.2, -0.15) is 5.10 Å². The molecule has 25 heavy (non-hydrogen) atoms. The van der Waals surface area contributed by atoms with Crippen LogP contribution in [0.5, 0.6) is 0 Å². The average Bonchev–Trinajstić information content (AvgIpc) is 2.93. The van der Waals surface area contributed by atoms with Gasteiger partial charge in [0.05, 0.1) is 27.4 Å². The van der Waals surface area contributed by atoms with E-state index in [4.69, 9.17) is 11.6 Å². The highest BCUT2D eigenvalue weighted by Crippen LogP contribution is 2.30. The lowest BCUT2D eigenvalue weighted by Gasteiger charge is -2.07. The highest BCUT2D eigenvalue weighted by atomic mass is 35.5. The third-order valence-electron chi connectivity index (χ3n) is 4.15. The highest BCUT2D eigenvalue weighted by molar-refractivity contribution is 6.38. The van der Waals surface area contributed by atoms with Crippen LogP contribution in [0.4, 0.5) is 0 Å². The predicted octanol–water partition coefficient (Wildman–Crippen LogP) is 4.22. The molecule has 1 aromatic carbocycles. The number of aryl methyl sites for hydroxylation is 2. The van der Waals surface area contributed by atoms with Crippen LogP contribution < -0.4 is 5.32 Å². The van der Waals surface area contributed by atoms with E-state index in [9.17, 15) is 4.79 Å². The summed E-state index contributed by atoms with van der Waals surface area (Å²) in [7, 11) is 0. The van der Waals surface area contributed by atoms with Gasteiger partial charge in [-0.3, -0.25) is 4.79 Å². The minimum Gasteiger partial charge on any atom is -0.352 e. The van der Waals surface area contributed by atoms with Crippen molar-refractivity contribution < 1.29 is 4.79 Å². The van der Waals surface area contributed by atoms with E-state index in [1.54, 1.807) is 4.68 Å². The lowest BCUT2D eigenvalue weighted by Crippen LogP contribution is -2.24. The van der Waals surface area contributed by atoms with Crippen molar-refractivity contribution in [3.8, 4) is 5.69 Å². The normalized spacial score (nSPS) is 11.0. The van der Waals surface area contributed by atoms with Crippen molar-refractivity contribution in [3.63, 3.8) is 0 Å². The number of amides is 1. The molecule has 0 aliphatic carbocycles. The number of unbranched alkanes of at least 4 members (excludes halogenated alkanes) is 1. The molecule has 0 bridgehead atoms. The number of fused-ring (bicyclic) bond motifs is 1. The third-order valence-corrected chi connectivity index (χ3v) is 4.54. The number of hydrogen-bond donors (Lipinski definition) is 1. The van der Waals surface area contributed by atoms with Crippen molar-refractivity contribution in [2.24, 2.45) is 0 Å². The molecule has 3 aromatic rings. The second-order valence-electron chi connectivity index (χ2n) is 6.13. The smallest absolute Gasteiger partial charge is 0.254 e. The number of nitrogens with one attached hydrogen (secondary N) is 1. The second kappa shape index (κ2) is 7.23. The zero-order valence-corrected chi connectivity index (χ0v) is 15.4. The molecule has 6 heteroatoms. The number of nitrogens with zero attached hydrogens (tertiary/aromatic N) is 3. The molecule has 5 nitrogen and oxygen atoms in total. The Morgan fingerprint density at radius 3 is 2.64 bits per heavy atom. The number of hydrogen-bond acceptors (Lipinski definition) is 3. The van der Waals surface area contributed by atoms with Gasteiger partial charge in [-0.25, -0.2) is 9.67 Å². The van der Waals surface area contributed by atoms with Gasteiger partial charge in [-0.15, -0.1) is 0 Å². The number of carbonyl (C=O) groups excluding carboxylic acids is 1. The minimum absolute atomic E-state index is 0.199. The second-order valence-corrected chi connectivity index (χ2v) is 6.50. The van der Waals surface area contributed by atoms with Crippen LogP contribution in [0.1, 0.15) is 41.4 Å². The molecular weight excluding hydrogens is 336 g/mol. The van der Waals surface area contributed by atoms with Crippen molar-refractivity contribution >= 4 is 28.5 Å². The van der Waals surface area contributed by atoms with Crippen molar-refractivity contribution in [1.29, 1.82) is 0 Å². The Morgan fingerprint density at radius 1 is 1.24 bits per heavy atom. The summed E-state index contributed by atoms with van der Waals surface area (Å²) in [5.41, 5.74) is 3.87. The maximum atomic E-state index is 12.3. The summed E-state index contributed by atoms with van der Waals surface area (Å²) in [5.74, 6) is -0.199. The highest BCUT2D eigenvalue weighted by Gasteiger charge is 2.19. The molecule has 0 atom stereocenters. The molecule has 1 amide bonds. The zero-order valence-electron chi connectivity index (χ0n) is 14.6. The predicted molar refractivity (Wildman–Crippen MR) is 101 cm³/mol. The molecule has 0 unspecified atom stereocenters. The Morgan fingerprint density at radius 2 is 1.96 bits per heavy atom. The fraction of sp³-hybridized carbons (Fsp3) is 0.316. The molecule has 0 aliphatic rings. The van der Waals surface area contributed by atoms with Crippen molar-refractivity contribution in [2.45, 2.75) is 33.6 Å². The number of aromatic nitrogens is 3. The van der Waals surface area contributed by atoms with E-state index in [2.05, 4.69) is 22.3 Å². The topological polar surface area (TPSA) is 59.8 Å². The Kier molecular flexibility index (Phi) is 5.04. The molecule has 0 saturated heterocycles. The number of rotatable bonds is 5. The molecule has 0 spiro atoms. The average molecular weight is 357 g/mol. The molecule has 3 rings (SSSR count). The van der Waals surface area contributed by atoms with Gasteiger partial charge < -0.3 is 5.32 Å². The van der Waals surface area contributed by atoms with Gasteiger partial charge in [-0.1, -0.05) is 42.6 Å². The summed E-state index contributed by atoms with van der Waals surface area (Å²) in [4.78, 5) is 16.8. The molecule has 130 valence electrons. The maximum Gasteiger partial charge on any atom is 0.254 e. The Hall–Kier alpha value is -2.40. The molecule has 2 heterocycles. The number of benzene rings is 1. The van der Waals surface area contributed by atoms with E-state index in [0.29, 0.717) is 28.2 Å². The van der Waals surface area contributed by atoms with Crippen molar-refractivity contribution in [2.75, 3.05) is 6.54 Å². The summed E-state index contributed by atoms with van der Waals surface area (Å²) >= 11 is 6.53. The van der Waals surface area contributed by atoms with Crippen LogP contribution in [0.25, 0.3) is 16.7 Å². The zero-order chi connectivity index (χ0) is 18.0. The van der Waals surface area contributed by atoms with E-state index in [1.165, 1.54) is 11.8 Å². The van der Waals surface area contributed by atoms with Gasteiger partial charge in [0.1, 0.15) is 0 Å². The summed E-state index contributed by atoms with van der Waals surface area (Å²) in [6, 6.07) is 8.02. The van der Waals surface area contributed by atoms with Crippen molar-refractivity contribution in [1.82, 2.24) is 20.1 Å². The van der Waals surface area contributed by atoms with Crippen molar-refractivity contribution in [3.05, 3.63) is 52.3 Å². The van der Waals surface area contributed by atoms with E-state index >= 15 is 0 Å². The summed E-state index contributed by atoms with van der Waals surface area (Å²) < 4.78 is 1.76. The largest absolute Gasteiger partial charge is 0.352 e. The maximum absolute atomic E-state index is 12.3. The van der Waals surface area contributed by atoms with Crippen LogP contribution in [-0.2, 0) is 0 Å². The molecule has 0 aliphatic heterocycles. The van der Waals surface area contributed by atoms with Gasteiger partial charge in [-0.05, 0) is 32.4 Å². The lowest BCUT2D eigenvalue weighted by molar-refractivity contribution is 0.0953. The van der Waals surface area contributed by atoms with Gasteiger partial charge in [0.2, 0.25) is 0 Å². The number of pyridine rings is 1. The first-order chi connectivity index (χ1) is 12.0. The summed E-state index contributed by atoms with van der Waals surface area (Å²) in [6.07, 6.45) is 3.48. The first-order valence-electron chi connectivity index (χ1n) is 8.42. The van der Waals surface area contributed by atoms with Crippen LogP contribution >= 0.6 is 11.6 Å². The summed E-state index contributed by atoms with van der Waals surface area (Å²) in [6.45, 7) is 6.62. The van der Waals surface area contributed by atoms with E-state index < -0.39 is 0 Å². The van der Waals surface area contributed by atoms with E-state index in [-0.39, 0.29) is 5.91 Å². The van der Waals surface area contributed by atoms with Gasteiger partial charge >= 0.3 is 0 Å². The fourth-order valence-corrected chi connectivity index (χ4v) is 3.06. The first-order valence-corrected chi connectivity index (χ1v) is 8.79. The molecule has 1 N–H and O–H groups in total. The fourth-order valence-electron chi connectivity index (χ4n) is 2.71. The quantitative estimate of drug-likeness (QED) is 0.696. The van der Waals surface area contributed by atoms with Gasteiger partial charge in [0.15, 0.2) is 5.65 Å². The summed E-state index contributed by atoms with van der Waals surface area (Å²) in [5, 5.41) is 8.55. The van der Waals surface area contributed by atoms with E-state index in [1.807, 2.05) is 38.1 Å². The Bertz CT molecular complexity index is 915. The van der Waals surface area contributed by atoms with Crippen LogP contribution in [0, 0.1) is 13.8 Å². The third kappa shape index (κ3) is 3.37. The van der Waals surface area contributed by atoms with E-state index in [0.717, 1.165) is 24.2 Å². The van der Waals surface area contributed by atoms with Crippen LogP contribution in [0.2, 0.25) is 5.02 Å². The molecule has 0 saturated carbocycles. The molecule has 0 radical (unpaired) electrons. The minimum atomic E-state index is -0.199. The first kappa shape index (κ1) is 17.4. The molecular formula is C19H21ClN4O. The Labute approximate surface area is 152 Å². The SMILES string of the molecule is CCCCNC(=O)c1cnc2c(c(C)nn2-c2ccc(C)cc2)c1Cl.